The van der Waals surface area contributed by atoms with E-state index in [0.29, 0.717) is 0 Å². The van der Waals surface area contributed by atoms with Crippen LogP contribution in [0.2, 0.25) is 0 Å². The maximum atomic E-state index is 3.81. The van der Waals surface area contributed by atoms with Crippen LogP contribution in [0.1, 0.15) is 30.7 Å². The lowest BCUT2D eigenvalue weighted by atomic mass is 9.70. The van der Waals surface area contributed by atoms with Crippen LogP contribution < -0.4 is 5.32 Å². The SMILES string of the molecule is c1ccc([C@@H]2CCN[C@H]3C4CCN(CC4)[C@@H]23)cc1. The van der Waals surface area contributed by atoms with Gasteiger partial charge < -0.3 is 5.32 Å². The molecule has 1 aromatic rings. The smallest absolute Gasteiger partial charge is 0.0321 e. The van der Waals surface area contributed by atoms with Crippen molar-refractivity contribution in [1.82, 2.24) is 10.2 Å². The van der Waals surface area contributed by atoms with Gasteiger partial charge in [0.25, 0.3) is 0 Å². The molecule has 0 aliphatic carbocycles. The molecule has 4 aliphatic rings. The van der Waals surface area contributed by atoms with Crippen LogP contribution in [0.15, 0.2) is 30.3 Å². The Labute approximate surface area is 109 Å². The first-order valence-electron chi connectivity index (χ1n) is 7.46. The van der Waals surface area contributed by atoms with E-state index in [9.17, 15) is 0 Å². The molecule has 4 fully saturated rings. The molecule has 0 saturated carbocycles. The molecule has 1 aromatic carbocycles. The van der Waals surface area contributed by atoms with Gasteiger partial charge in [0.2, 0.25) is 0 Å². The molecule has 4 saturated heterocycles. The number of benzene rings is 1. The molecule has 2 heteroatoms. The monoisotopic (exact) mass is 242 g/mol. The largest absolute Gasteiger partial charge is 0.312 e. The van der Waals surface area contributed by atoms with Crippen LogP contribution in [-0.2, 0) is 0 Å². The molecule has 0 radical (unpaired) electrons. The van der Waals surface area contributed by atoms with Crippen LogP contribution in [-0.4, -0.2) is 36.6 Å². The van der Waals surface area contributed by atoms with Gasteiger partial charge in [0.1, 0.15) is 0 Å². The Kier molecular flexibility index (Phi) is 2.66. The summed E-state index contributed by atoms with van der Waals surface area (Å²) in [7, 11) is 0. The number of fused-ring (bicyclic) bond motifs is 2. The third kappa shape index (κ3) is 1.63. The van der Waals surface area contributed by atoms with Gasteiger partial charge in [0.05, 0.1) is 0 Å². The van der Waals surface area contributed by atoms with Crippen molar-refractivity contribution in [3.05, 3.63) is 35.9 Å². The average Bonchev–Trinajstić information content (AvgIpc) is 2.49. The minimum absolute atomic E-state index is 0.751. The summed E-state index contributed by atoms with van der Waals surface area (Å²) in [6, 6.07) is 12.7. The van der Waals surface area contributed by atoms with E-state index < -0.39 is 0 Å². The van der Waals surface area contributed by atoms with Gasteiger partial charge in [-0.1, -0.05) is 30.3 Å². The standard InChI is InChI=1S/C16H22N2/c1-2-4-12(5-3-1)14-6-9-17-15-13-7-10-18(11-8-13)16(14)15/h1-5,13-17H,6-11H2/t14-,15-,16-/m0/s1. The number of rotatable bonds is 1. The molecule has 0 amide bonds. The second-order valence-electron chi connectivity index (χ2n) is 6.15. The van der Waals surface area contributed by atoms with Crippen LogP contribution in [0.25, 0.3) is 0 Å². The summed E-state index contributed by atoms with van der Waals surface area (Å²) < 4.78 is 0. The number of nitrogens with zero attached hydrogens (tertiary/aromatic N) is 1. The summed E-state index contributed by atoms with van der Waals surface area (Å²) in [5.41, 5.74) is 1.56. The van der Waals surface area contributed by atoms with Crippen LogP contribution in [0.3, 0.4) is 0 Å². The normalized spacial score (nSPS) is 42.6. The van der Waals surface area contributed by atoms with Crippen molar-refractivity contribution in [2.24, 2.45) is 5.92 Å². The molecule has 96 valence electrons. The second-order valence-corrected chi connectivity index (χ2v) is 6.15. The lowest BCUT2D eigenvalue weighted by Crippen LogP contribution is -2.66. The maximum Gasteiger partial charge on any atom is 0.0321 e. The van der Waals surface area contributed by atoms with Crippen molar-refractivity contribution >= 4 is 0 Å². The Morgan fingerprint density at radius 1 is 1.00 bits per heavy atom. The highest BCUT2D eigenvalue weighted by atomic mass is 15.2. The Hall–Kier alpha value is -0.860. The van der Waals surface area contributed by atoms with E-state index >= 15 is 0 Å². The Morgan fingerprint density at radius 3 is 2.56 bits per heavy atom. The quantitative estimate of drug-likeness (QED) is 0.812. The highest BCUT2D eigenvalue weighted by Gasteiger charge is 2.47. The van der Waals surface area contributed by atoms with Crippen LogP contribution in [0, 0.1) is 5.92 Å². The van der Waals surface area contributed by atoms with Gasteiger partial charge in [0.15, 0.2) is 0 Å². The van der Waals surface area contributed by atoms with Gasteiger partial charge >= 0.3 is 0 Å². The number of piperidine rings is 4. The van der Waals surface area contributed by atoms with Gasteiger partial charge in [-0.3, -0.25) is 4.90 Å². The van der Waals surface area contributed by atoms with Crippen LogP contribution >= 0.6 is 0 Å². The topological polar surface area (TPSA) is 15.3 Å². The molecule has 2 nitrogen and oxygen atoms in total. The highest BCUT2D eigenvalue weighted by Crippen LogP contribution is 2.42. The fourth-order valence-corrected chi connectivity index (χ4v) is 4.52. The van der Waals surface area contributed by atoms with Crippen molar-refractivity contribution in [3.8, 4) is 0 Å². The van der Waals surface area contributed by atoms with E-state index in [1.807, 2.05) is 0 Å². The maximum absolute atomic E-state index is 3.81. The summed E-state index contributed by atoms with van der Waals surface area (Å²) in [5.74, 6) is 1.69. The summed E-state index contributed by atoms with van der Waals surface area (Å²) >= 11 is 0. The zero-order chi connectivity index (χ0) is 11.9. The highest BCUT2D eigenvalue weighted by molar-refractivity contribution is 5.24. The number of hydrogen-bond donors (Lipinski definition) is 1. The Bertz CT molecular complexity index is 408. The molecule has 1 N–H and O–H groups in total. The molecular weight excluding hydrogens is 220 g/mol. The second kappa shape index (κ2) is 4.36. The fraction of sp³-hybridized carbons (Fsp3) is 0.625. The molecule has 0 aromatic heterocycles. The number of nitrogens with one attached hydrogen (secondary N) is 1. The summed E-state index contributed by atoms with van der Waals surface area (Å²) in [6.07, 6.45) is 4.12. The first kappa shape index (κ1) is 11.0. The number of hydrogen-bond acceptors (Lipinski definition) is 2. The molecule has 0 unspecified atom stereocenters. The molecule has 0 spiro atoms. The van der Waals surface area contributed by atoms with Crippen LogP contribution in [0.4, 0.5) is 0 Å². The van der Waals surface area contributed by atoms with Crippen molar-refractivity contribution in [2.75, 3.05) is 19.6 Å². The van der Waals surface area contributed by atoms with E-state index in [0.717, 1.165) is 23.9 Å². The Morgan fingerprint density at radius 2 is 1.78 bits per heavy atom. The minimum Gasteiger partial charge on any atom is -0.312 e. The fourth-order valence-electron chi connectivity index (χ4n) is 4.52. The molecule has 4 aliphatic heterocycles. The van der Waals surface area contributed by atoms with E-state index in [-0.39, 0.29) is 0 Å². The summed E-state index contributed by atoms with van der Waals surface area (Å²) in [6.45, 7) is 3.86. The average molecular weight is 242 g/mol. The van der Waals surface area contributed by atoms with Gasteiger partial charge in [0, 0.05) is 18.0 Å². The lowest BCUT2D eigenvalue weighted by Gasteiger charge is -2.56. The lowest BCUT2D eigenvalue weighted by molar-refractivity contribution is -0.0152. The first-order valence-corrected chi connectivity index (χ1v) is 7.46. The summed E-state index contributed by atoms with van der Waals surface area (Å²) in [5, 5.41) is 3.81. The Balaban J connectivity index is 1.68. The van der Waals surface area contributed by atoms with Gasteiger partial charge in [-0.05, 0) is 50.4 Å². The summed E-state index contributed by atoms with van der Waals surface area (Å²) in [4.78, 5) is 2.76. The van der Waals surface area contributed by atoms with E-state index in [2.05, 4.69) is 40.5 Å². The van der Waals surface area contributed by atoms with E-state index in [1.54, 1.807) is 5.56 Å². The minimum atomic E-state index is 0.751. The molecular formula is C16H22N2. The van der Waals surface area contributed by atoms with Crippen molar-refractivity contribution < 1.29 is 0 Å². The molecule has 5 rings (SSSR count). The zero-order valence-corrected chi connectivity index (χ0v) is 10.9. The van der Waals surface area contributed by atoms with Gasteiger partial charge in [-0.2, -0.15) is 0 Å². The van der Waals surface area contributed by atoms with E-state index in [4.69, 9.17) is 0 Å². The molecule has 4 heterocycles. The van der Waals surface area contributed by atoms with Crippen molar-refractivity contribution in [2.45, 2.75) is 37.3 Å². The predicted octanol–water partition coefficient (Wildman–Crippen LogP) is 2.23. The van der Waals surface area contributed by atoms with Crippen LogP contribution in [0.5, 0.6) is 0 Å². The molecule has 18 heavy (non-hydrogen) atoms. The predicted molar refractivity (Wildman–Crippen MR) is 73.7 cm³/mol. The van der Waals surface area contributed by atoms with Crippen molar-refractivity contribution in [1.29, 1.82) is 0 Å². The zero-order valence-electron chi connectivity index (χ0n) is 10.9. The van der Waals surface area contributed by atoms with Crippen molar-refractivity contribution in [3.63, 3.8) is 0 Å². The third-order valence-electron chi connectivity index (χ3n) is 5.35. The first-order chi connectivity index (χ1) is 8.93. The molecule has 3 atom stereocenters. The van der Waals surface area contributed by atoms with Gasteiger partial charge in [-0.15, -0.1) is 0 Å². The van der Waals surface area contributed by atoms with Gasteiger partial charge in [-0.25, -0.2) is 0 Å². The van der Waals surface area contributed by atoms with E-state index in [1.165, 1.54) is 38.9 Å². The third-order valence-corrected chi connectivity index (χ3v) is 5.35. The molecule has 2 bridgehead atoms.